The Morgan fingerprint density at radius 2 is 1.82 bits per heavy atom. The van der Waals surface area contributed by atoms with E-state index in [0.29, 0.717) is 36.2 Å². The Balaban J connectivity index is 0.00000408. The van der Waals surface area contributed by atoms with Crippen LogP contribution in [0.2, 0.25) is 0 Å². The van der Waals surface area contributed by atoms with Gasteiger partial charge < -0.3 is 20.3 Å². The van der Waals surface area contributed by atoms with Gasteiger partial charge in [-0.15, -0.1) is 24.0 Å². The average molecular weight is 577 g/mol. The molecule has 0 aliphatic heterocycles. The number of carbonyl (C=O) groups excluding carboxylic acids is 1. The number of benzene rings is 2. The van der Waals surface area contributed by atoms with Crippen molar-refractivity contribution in [1.29, 1.82) is 0 Å². The van der Waals surface area contributed by atoms with E-state index in [1.165, 1.54) is 12.1 Å². The van der Waals surface area contributed by atoms with Gasteiger partial charge in [-0.25, -0.2) is 9.37 Å². The van der Waals surface area contributed by atoms with Gasteiger partial charge in [0.15, 0.2) is 5.96 Å². The Bertz CT molecular complexity index is 1090. The lowest BCUT2D eigenvalue weighted by Gasteiger charge is -2.13. The van der Waals surface area contributed by atoms with Gasteiger partial charge in [-0.2, -0.15) is 0 Å². The predicted molar refractivity (Wildman–Crippen MR) is 142 cm³/mol. The molecule has 1 amide bonds. The fourth-order valence-electron chi connectivity index (χ4n) is 3.05. The summed E-state index contributed by atoms with van der Waals surface area (Å²) in [6.07, 6.45) is 2.47. The van der Waals surface area contributed by atoms with Gasteiger partial charge in [-0.05, 0) is 53.9 Å². The largest absolute Gasteiger partial charge is 0.439 e. The second-order valence-electron chi connectivity index (χ2n) is 7.56. The third-order valence-corrected chi connectivity index (χ3v) is 4.80. The highest BCUT2D eigenvalue weighted by Gasteiger charge is 2.08. The van der Waals surface area contributed by atoms with Crippen LogP contribution in [0.1, 0.15) is 21.5 Å². The Labute approximate surface area is 216 Å². The summed E-state index contributed by atoms with van der Waals surface area (Å²) >= 11 is 0. The minimum absolute atomic E-state index is 0. The second kappa shape index (κ2) is 13.5. The van der Waals surface area contributed by atoms with E-state index in [0.717, 1.165) is 17.5 Å². The zero-order chi connectivity index (χ0) is 23.6. The van der Waals surface area contributed by atoms with Gasteiger partial charge in [0.2, 0.25) is 5.88 Å². The number of halogens is 2. The summed E-state index contributed by atoms with van der Waals surface area (Å²) in [5.41, 5.74) is 2.71. The van der Waals surface area contributed by atoms with Gasteiger partial charge in [0.05, 0.1) is 0 Å². The lowest BCUT2D eigenvalue weighted by atomic mass is 10.1. The van der Waals surface area contributed by atoms with Crippen molar-refractivity contribution in [2.75, 3.05) is 27.7 Å². The van der Waals surface area contributed by atoms with Gasteiger partial charge in [-0.1, -0.05) is 18.2 Å². The Morgan fingerprint density at radius 3 is 2.47 bits per heavy atom. The van der Waals surface area contributed by atoms with E-state index in [4.69, 9.17) is 4.74 Å². The SMILES string of the molecule is CN=C(NCCc1cccc(C(=O)N(C)C)c1)NCc1ccc(Oc2ccc(F)cc2)nc1.I. The number of nitrogens with zero attached hydrogens (tertiary/aromatic N) is 3. The molecule has 180 valence electrons. The van der Waals surface area contributed by atoms with Gasteiger partial charge in [0.25, 0.3) is 5.91 Å². The minimum atomic E-state index is -0.313. The third-order valence-electron chi connectivity index (χ3n) is 4.80. The number of guanidine groups is 1. The number of aliphatic imine (C=N–C) groups is 1. The van der Waals surface area contributed by atoms with Crippen LogP contribution in [-0.2, 0) is 13.0 Å². The Kier molecular flexibility index (Phi) is 10.7. The van der Waals surface area contributed by atoms with Crippen LogP contribution >= 0.6 is 24.0 Å². The van der Waals surface area contributed by atoms with Gasteiger partial charge in [-0.3, -0.25) is 9.79 Å². The Hall–Kier alpha value is -3.21. The molecule has 0 bridgehead atoms. The first-order valence-corrected chi connectivity index (χ1v) is 10.6. The van der Waals surface area contributed by atoms with Crippen LogP contribution in [0.4, 0.5) is 4.39 Å². The van der Waals surface area contributed by atoms with E-state index in [9.17, 15) is 9.18 Å². The number of amides is 1. The van der Waals surface area contributed by atoms with Crippen LogP contribution in [0, 0.1) is 5.82 Å². The summed E-state index contributed by atoms with van der Waals surface area (Å²) in [5, 5.41) is 6.52. The van der Waals surface area contributed by atoms with Gasteiger partial charge >= 0.3 is 0 Å². The number of hydrogen-bond acceptors (Lipinski definition) is 4. The number of rotatable bonds is 8. The summed E-state index contributed by atoms with van der Waals surface area (Å²) in [6, 6.07) is 17.1. The number of pyridine rings is 1. The van der Waals surface area contributed by atoms with Gasteiger partial charge in [0.1, 0.15) is 11.6 Å². The summed E-state index contributed by atoms with van der Waals surface area (Å²) in [6.45, 7) is 1.21. The van der Waals surface area contributed by atoms with Crippen molar-refractivity contribution in [1.82, 2.24) is 20.5 Å². The van der Waals surface area contributed by atoms with Crippen LogP contribution in [0.3, 0.4) is 0 Å². The number of ether oxygens (including phenoxy) is 1. The molecule has 2 aromatic carbocycles. The highest BCUT2D eigenvalue weighted by molar-refractivity contribution is 14.0. The molecule has 2 N–H and O–H groups in total. The van der Waals surface area contributed by atoms with Crippen LogP contribution in [0.25, 0.3) is 0 Å². The fraction of sp³-hybridized carbons (Fsp3) is 0.240. The Morgan fingerprint density at radius 1 is 1.06 bits per heavy atom. The monoisotopic (exact) mass is 577 g/mol. The maximum Gasteiger partial charge on any atom is 0.253 e. The molecule has 0 atom stereocenters. The average Bonchev–Trinajstić information content (AvgIpc) is 2.83. The summed E-state index contributed by atoms with van der Waals surface area (Å²) < 4.78 is 18.6. The normalized spacial score (nSPS) is 10.8. The molecule has 0 aliphatic carbocycles. The first-order chi connectivity index (χ1) is 15.9. The van der Waals surface area contributed by atoms with Gasteiger partial charge in [0, 0.05) is 52.1 Å². The van der Waals surface area contributed by atoms with Crippen molar-refractivity contribution in [3.05, 3.63) is 89.4 Å². The molecule has 3 rings (SSSR count). The molecule has 0 aliphatic rings. The molecule has 0 radical (unpaired) electrons. The zero-order valence-electron chi connectivity index (χ0n) is 19.4. The molecule has 7 nitrogen and oxygen atoms in total. The number of hydrogen-bond donors (Lipinski definition) is 2. The van der Waals surface area contributed by atoms with E-state index in [1.54, 1.807) is 50.4 Å². The lowest BCUT2D eigenvalue weighted by Crippen LogP contribution is -2.37. The molecule has 1 heterocycles. The molecule has 0 fully saturated rings. The third kappa shape index (κ3) is 8.29. The van der Waals surface area contributed by atoms with Crippen molar-refractivity contribution in [3.8, 4) is 11.6 Å². The van der Waals surface area contributed by atoms with Crippen LogP contribution < -0.4 is 15.4 Å². The molecule has 1 aromatic heterocycles. The van der Waals surface area contributed by atoms with Crippen LogP contribution in [-0.4, -0.2) is 49.4 Å². The minimum Gasteiger partial charge on any atom is -0.439 e. The smallest absolute Gasteiger partial charge is 0.253 e. The van der Waals surface area contributed by atoms with Crippen molar-refractivity contribution in [3.63, 3.8) is 0 Å². The van der Waals surface area contributed by atoms with E-state index >= 15 is 0 Å². The first kappa shape index (κ1) is 27.0. The van der Waals surface area contributed by atoms with Crippen molar-refractivity contribution in [2.24, 2.45) is 4.99 Å². The van der Waals surface area contributed by atoms with Crippen molar-refractivity contribution >= 4 is 35.8 Å². The molecule has 9 heteroatoms. The van der Waals surface area contributed by atoms with E-state index in [1.807, 2.05) is 30.3 Å². The second-order valence-corrected chi connectivity index (χ2v) is 7.56. The standard InChI is InChI=1S/C25H28FN5O2.HI/c1-27-25(28-14-13-18-5-4-6-20(15-18)24(32)31(2)3)30-17-19-7-12-23(29-16-19)33-22-10-8-21(26)9-11-22;/h4-12,15-16H,13-14,17H2,1-3H3,(H2,27,28,30);1H. The molecular weight excluding hydrogens is 548 g/mol. The predicted octanol–water partition coefficient (Wildman–Crippen LogP) is 4.24. The summed E-state index contributed by atoms with van der Waals surface area (Å²) in [4.78, 5) is 22.2. The van der Waals surface area contributed by atoms with E-state index in [-0.39, 0.29) is 35.7 Å². The quantitative estimate of drug-likeness (QED) is 0.238. The number of carbonyl (C=O) groups is 1. The van der Waals surface area contributed by atoms with Crippen LogP contribution in [0.15, 0.2) is 71.9 Å². The maximum atomic E-state index is 13.0. The molecule has 0 spiro atoms. The van der Waals surface area contributed by atoms with Crippen molar-refractivity contribution in [2.45, 2.75) is 13.0 Å². The van der Waals surface area contributed by atoms with Crippen molar-refractivity contribution < 1.29 is 13.9 Å². The molecular formula is C25H29FIN5O2. The highest BCUT2D eigenvalue weighted by atomic mass is 127. The molecule has 0 unspecified atom stereocenters. The van der Waals surface area contributed by atoms with Crippen LogP contribution in [0.5, 0.6) is 11.6 Å². The number of aromatic nitrogens is 1. The summed E-state index contributed by atoms with van der Waals surface area (Å²) in [5.74, 6) is 1.30. The lowest BCUT2D eigenvalue weighted by molar-refractivity contribution is 0.0827. The molecule has 34 heavy (non-hydrogen) atoms. The molecule has 0 saturated carbocycles. The fourth-order valence-corrected chi connectivity index (χ4v) is 3.05. The van der Waals surface area contributed by atoms with E-state index < -0.39 is 0 Å². The molecule has 0 saturated heterocycles. The highest BCUT2D eigenvalue weighted by Crippen LogP contribution is 2.19. The summed E-state index contributed by atoms with van der Waals surface area (Å²) in [7, 11) is 5.20. The number of nitrogens with one attached hydrogen (secondary N) is 2. The first-order valence-electron chi connectivity index (χ1n) is 10.6. The zero-order valence-corrected chi connectivity index (χ0v) is 21.7. The topological polar surface area (TPSA) is 78.9 Å². The maximum absolute atomic E-state index is 13.0. The van der Waals surface area contributed by atoms with E-state index in [2.05, 4.69) is 20.6 Å². The molecule has 3 aromatic rings.